The zero-order chi connectivity index (χ0) is 14.5. The average Bonchev–Trinajstić information content (AvgIpc) is 2.84. The van der Waals surface area contributed by atoms with Crippen molar-refractivity contribution in [1.29, 1.82) is 0 Å². The van der Waals surface area contributed by atoms with Crippen LogP contribution < -0.4 is 10.1 Å². The topological polar surface area (TPSA) is 33.7 Å². The van der Waals surface area contributed by atoms with Gasteiger partial charge in [-0.25, -0.2) is 0 Å². The SMILES string of the molecule is CNC1c2cc(OC)ccc2CC1N(C)CCCOC. The van der Waals surface area contributed by atoms with Gasteiger partial charge in [0, 0.05) is 32.3 Å². The molecule has 1 aliphatic carbocycles. The van der Waals surface area contributed by atoms with E-state index in [9.17, 15) is 0 Å². The highest BCUT2D eigenvalue weighted by Crippen LogP contribution is 2.36. The summed E-state index contributed by atoms with van der Waals surface area (Å²) in [6.45, 7) is 1.88. The van der Waals surface area contributed by atoms with Crippen molar-refractivity contribution in [3.63, 3.8) is 0 Å². The van der Waals surface area contributed by atoms with Gasteiger partial charge in [0.05, 0.1) is 7.11 Å². The molecule has 0 amide bonds. The van der Waals surface area contributed by atoms with Gasteiger partial charge in [-0.15, -0.1) is 0 Å². The standard InChI is InChI=1S/C16H26N2O2/c1-17-16-14-11-13(20-4)7-6-12(14)10-15(16)18(2)8-5-9-19-3/h6-7,11,15-17H,5,8-10H2,1-4H3. The lowest BCUT2D eigenvalue weighted by Gasteiger charge is -2.29. The molecule has 1 aromatic carbocycles. The van der Waals surface area contributed by atoms with Gasteiger partial charge in [-0.1, -0.05) is 6.07 Å². The van der Waals surface area contributed by atoms with Gasteiger partial charge in [-0.05, 0) is 50.2 Å². The van der Waals surface area contributed by atoms with E-state index in [0.29, 0.717) is 12.1 Å². The van der Waals surface area contributed by atoms with Crippen molar-refractivity contribution in [2.45, 2.75) is 24.9 Å². The fraction of sp³-hybridized carbons (Fsp3) is 0.625. The molecule has 4 nitrogen and oxygen atoms in total. The fourth-order valence-corrected chi connectivity index (χ4v) is 3.11. The molecule has 1 aromatic rings. The van der Waals surface area contributed by atoms with E-state index in [-0.39, 0.29) is 0 Å². The van der Waals surface area contributed by atoms with Gasteiger partial charge in [0.25, 0.3) is 0 Å². The number of fused-ring (bicyclic) bond motifs is 1. The maximum atomic E-state index is 5.35. The summed E-state index contributed by atoms with van der Waals surface area (Å²) < 4.78 is 10.5. The largest absolute Gasteiger partial charge is 0.497 e. The second-order valence-corrected chi connectivity index (χ2v) is 5.43. The number of likely N-dealkylation sites (N-methyl/N-ethyl adjacent to an activating group) is 2. The lowest BCUT2D eigenvalue weighted by atomic mass is 10.1. The Kier molecular flexibility index (Phi) is 5.40. The highest BCUT2D eigenvalue weighted by atomic mass is 16.5. The van der Waals surface area contributed by atoms with Crippen molar-refractivity contribution in [3.8, 4) is 5.75 Å². The fourth-order valence-electron chi connectivity index (χ4n) is 3.11. The van der Waals surface area contributed by atoms with Crippen molar-refractivity contribution in [1.82, 2.24) is 10.2 Å². The summed E-state index contributed by atoms with van der Waals surface area (Å²) in [5.74, 6) is 0.937. The molecule has 0 fully saturated rings. The minimum absolute atomic E-state index is 0.368. The van der Waals surface area contributed by atoms with Gasteiger partial charge in [-0.2, -0.15) is 0 Å². The molecule has 0 saturated heterocycles. The first-order valence-corrected chi connectivity index (χ1v) is 7.24. The minimum Gasteiger partial charge on any atom is -0.497 e. The van der Waals surface area contributed by atoms with Crippen molar-refractivity contribution < 1.29 is 9.47 Å². The van der Waals surface area contributed by atoms with E-state index in [1.165, 1.54) is 11.1 Å². The van der Waals surface area contributed by atoms with Crippen LogP contribution in [0.15, 0.2) is 18.2 Å². The summed E-state index contributed by atoms with van der Waals surface area (Å²) in [5, 5.41) is 3.46. The van der Waals surface area contributed by atoms with Gasteiger partial charge >= 0.3 is 0 Å². The van der Waals surface area contributed by atoms with Gasteiger partial charge in [0.1, 0.15) is 5.75 Å². The monoisotopic (exact) mass is 278 g/mol. The van der Waals surface area contributed by atoms with Crippen molar-refractivity contribution >= 4 is 0 Å². The molecular weight excluding hydrogens is 252 g/mol. The van der Waals surface area contributed by atoms with Crippen LogP contribution >= 0.6 is 0 Å². The third kappa shape index (κ3) is 3.14. The number of ether oxygens (including phenoxy) is 2. The Morgan fingerprint density at radius 1 is 1.35 bits per heavy atom. The maximum absolute atomic E-state index is 5.35. The molecule has 2 unspecified atom stereocenters. The Bertz CT molecular complexity index is 436. The molecule has 0 radical (unpaired) electrons. The van der Waals surface area contributed by atoms with Crippen molar-refractivity contribution in [2.75, 3.05) is 41.5 Å². The van der Waals surface area contributed by atoms with Crippen LogP contribution in [0.25, 0.3) is 0 Å². The number of benzene rings is 1. The molecule has 0 saturated carbocycles. The molecule has 0 heterocycles. The summed E-state index contributed by atoms with van der Waals surface area (Å²) in [6.07, 6.45) is 2.16. The van der Waals surface area contributed by atoms with E-state index in [1.807, 2.05) is 7.05 Å². The highest BCUT2D eigenvalue weighted by molar-refractivity contribution is 5.42. The summed E-state index contributed by atoms with van der Waals surface area (Å²) >= 11 is 0. The Morgan fingerprint density at radius 3 is 2.80 bits per heavy atom. The van der Waals surface area contributed by atoms with E-state index in [2.05, 4.69) is 35.5 Å². The molecule has 1 aliphatic rings. The van der Waals surface area contributed by atoms with Gasteiger partial charge in [-0.3, -0.25) is 0 Å². The maximum Gasteiger partial charge on any atom is 0.119 e. The molecule has 1 N–H and O–H groups in total. The normalized spacial score (nSPS) is 21.2. The van der Waals surface area contributed by atoms with Crippen LogP contribution in [0.3, 0.4) is 0 Å². The van der Waals surface area contributed by atoms with Crippen LogP contribution in [-0.4, -0.2) is 52.4 Å². The van der Waals surface area contributed by atoms with Crippen LogP contribution in [-0.2, 0) is 11.2 Å². The molecule has 2 atom stereocenters. The first-order valence-electron chi connectivity index (χ1n) is 7.24. The third-order valence-electron chi connectivity index (χ3n) is 4.24. The molecule has 20 heavy (non-hydrogen) atoms. The first kappa shape index (κ1) is 15.3. The zero-order valence-corrected chi connectivity index (χ0v) is 13.0. The number of methoxy groups -OCH3 is 2. The smallest absolute Gasteiger partial charge is 0.119 e. The molecule has 112 valence electrons. The predicted molar refractivity (Wildman–Crippen MR) is 81.4 cm³/mol. The number of hydrogen-bond donors (Lipinski definition) is 1. The third-order valence-corrected chi connectivity index (χ3v) is 4.24. The van der Waals surface area contributed by atoms with Crippen LogP contribution in [0.4, 0.5) is 0 Å². The number of nitrogens with one attached hydrogen (secondary N) is 1. The quantitative estimate of drug-likeness (QED) is 0.772. The summed E-state index contributed by atoms with van der Waals surface area (Å²) in [4.78, 5) is 2.44. The average molecular weight is 278 g/mol. The first-order chi connectivity index (χ1) is 9.71. The van der Waals surface area contributed by atoms with Crippen LogP contribution in [0, 0.1) is 0 Å². The summed E-state index contributed by atoms with van der Waals surface area (Å²) in [6, 6.07) is 7.28. The van der Waals surface area contributed by atoms with E-state index in [0.717, 1.165) is 31.7 Å². The van der Waals surface area contributed by atoms with Crippen LogP contribution in [0.1, 0.15) is 23.6 Å². The lowest BCUT2D eigenvalue weighted by molar-refractivity contribution is 0.156. The van der Waals surface area contributed by atoms with Crippen LogP contribution in [0.2, 0.25) is 0 Å². The predicted octanol–water partition coefficient (Wildman–Crippen LogP) is 1.85. The van der Waals surface area contributed by atoms with Crippen molar-refractivity contribution in [3.05, 3.63) is 29.3 Å². The summed E-state index contributed by atoms with van der Waals surface area (Å²) in [5.41, 5.74) is 2.80. The number of nitrogens with zero attached hydrogens (tertiary/aromatic N) is 1. The van der Waals surface area contributed by atoms with Gasteiger partial charge in [0.2, 0.25) is 0 Å². The van der Waals surface area contributed by atoms with Gasteiger partial charge in [0.15, 0.2) is 0 Å². The Labute approximate surface area is 122 Å². The van der Waals surface area contributed by atoms with E-state index < -0.39 is 0 Å². The zero-order valence-electron chi connectivity index (χ0n) is 13.0. The Balaban J connectivity index is 2.10. The van der Waals surface area contributed by atoms with E-state index >= 15 is 0 Å². The minimum atomic E-state index is 0.368. The molecule has 0 spiro atoms. The van der Waals surface area contributed by atoms with Crippen LogP contribution in [0.5, 0.6) is 5.75 Å². The van der Waals surface area contributed by atoms with Gasteiger partial charge < -0.3 is 19.7 Å². The Hall–Kier alpha value is -1.10. The molecular formula is C16H26N2O2. The molecule has 0 aliphatic heterocycles. The summed E-state index contributed by atoms with van der Waals surface area (Å²) in [7, 11) is 7.72. The Morgan fingerprint density at radius 2 is 2.15 bits per heavy atom. The molecule has 0 bridgehead atoms. The van der Waals surface area contributed by atoms with E-state index in [4.69, 9.17) is 9.47 Å². The number of hydrogen-bond acceptors (Lipinski definition) is 4. The van der Waals surface area contributed by atoms with E-state index in [1.54, 1.807) is 14.2 Å². The molecule has 2 rings (SSSR count). The van der Waals surface area contributed by atoms with Crippen molar-refractivity contribution in [2.24, 2.45) is 0 Å². The second kappa shape index (κ2) is 7.07. The molecule has 4 heteroatoms. The number of rotatable bonds is 7. The lowest BCUT2D eigenvalue weighted by Crippen LogP contribution is -2.40. The molecule has 0 aromatic heterocycles. The second-order valence-electron chi connectivity index (χ2n) is 5.43. The highest BCUT2D eigenvalue weighted by Gasteiger charge is 2.34.